The lowest BCUT2D eigenvalue weighted by atomic mass is 10.2. The zero-order valence-electron chi connectivity index (χ0n) is 15.0. The zero-order chi connectivity index (χ0) is 19.0. The van der Waals surface area contributed by atoms with Gasteiger partial charge in [0.05, 0.1) is 6.61 Å². The molecule has 0 radical (unpaired) electrons. The average molecular weight is 365 g/mol. The number of nitrogens with zero attached hydrogens (tertiary/aromatic N) is 3. The lowest BCUT2D eigenvalue weighted by Crippen LogP contribution is -2.27. The Bertz CT molecular complexity index is 1220. The van der Waals surface area contributed by atoms with Crippen molar-refractivity contribution in [2.45, 2.75) is 26.3 Å². The van der Waals surface area contributed by atoms with Crippen LogP contribution in [0.1, 0.15) is 19.8 Å². The fraction of sp³-hybridized carbons (Fsp3) is 0.250. The van der Waals surface area contributed by atoms with Gasteiger partial charge in [-0.1, -0.05) is 36.9 Å². The van der Waals surface area contributed by atoms with E-state index in [1.807, 2.05) is 36.4 Å². The molecule has 0 aliphatic rings. The quantitative estimate of drug-likeness (QED) is 0.490. The minimum atomic E-state index is -0.270. The van der Waals surface area contributed by atoms with Gasteiger partial charge in [0.15, 0.2) is 0 Å². The van der Waals surface area contributed by atoms with Crippen molar-refractivity contribution < 1.29 is 13.9 Å². The van der Waals surface area contributed by atoms with Crippen molar-refractivity contribution in [3.8, 4) is 11.3 Å². The number of fused-ring (bicyclic) bond motifs is 3. The molecular weight excluding hydrogens is 346 g/mol. The van der Waals surface area contributed by atoms with E-state index in [0.717, 1.165) is 5.56 Å². The fourth-order valence-electron chi connectivity index (χ4n) is 3.20. The van der Waals surface area contributed by atoms with Gasteiger partial charge in [-0.15, -0.1) is 0 Å². The molecule has 0 N–H and O–H groups in total. The highest BCUT2D eigenvalue weighted by molar-refractivity contribution is 5.81. The Morgan fingerprint density at radius 3 is 2.81 bits per heavy atom. The van der Waals surface area contributed by atoms with Gasteiger partial charge in [0.25, 0.3) is 5.56 Å². The second kappa shape index (κ2) is 6.75. The van der Waals surface area contributed by atoms with Crippen molar-refractivity contribution >= 4 is 29.4 Å². The van der Waals surface area contributed by atoms with Crippen LogP contribution in [0, 0.1) is 0 Å². The zero-order valence-corrected chi connectivity index (χ0v) is 15.0. The molecule has 27 heavy (non-hydrogen) atoms. The van der Waals surface area contributed by atoms with Gasteiger partial charge >= 0.3 is 5.97 Å². The maximum Gasteiger partial charge on any atom is 0.305 e. The first-order chi connectivity index (χ1) is 13.1. The predicted molar refractivity (Wildman–Crippen MR) is 101 cm³/mol. The first-order valence-corrected chi connectivity index (χ1v) is 8.84. The standard InChI is InChI=1S/C20H19N3O4/c1-3-26-17(24)10-7-11-22-13(2)23-18(19(22)25)21-15-12-16(27-20(15)23)14-8-5-4-6-9-14/h4-6,8-9,12H,2-3,7,10-11H2,1H3. The van der Waals surface area contributed by atoms with E-state index < -0.39 is 0 Å². The van der Waals surface area contributed by atoms with Crippen molar-refractivity contribution in [3.63, 3.8) is 0 Å². The van der Waals surface area contributed by atoms with E-state index in [1.165, 1.54) is 4.57 Å². The minimum Gasteiger partial charge on any atom is -0.466 e. The highest BCUT2D eigenvalue weighted by atomic mass is 16.5. The van der Waals surface area contributed by atoms with Gasteiger partial charge in [0.2, 0.25) is 11.4 Å². The van der Waals surface area contributed by atoms with Crippen LogP contribution in [0.25, 0.3) is 34.8 Å². The summed E-state index contributed by atoms with van der Waals surface area (Å²) >= 11 is 0. The van der Waals surface area contributed by atoms with Crippen LogP contribution in [0.15, 0.2) is 45.6 Å². The Balaban J connectivity index is 1.69. The molecule has 0 bridgehead atoms. The molecule has 0 atom stereocenters. The van der Waals surface area contributed by atoms with Crippen LogP contribution in [-0.4, -0.2) is 26.5 Å². The van der Waals surface area contributed by atoms with Gasteiger partial charge in [0.1, 0.15) is 16.8 Å². The summed E-state index contributed by atoms with van der Waals surface area (Å²) in [7, 11) is 0. The van der Waals surface area contributed by atoms with Gasteiger partial charge in [-0.2, -0.15) is 0 Å². The smallest absolute Gasteiger partial charge is 0.305 e. The molecule has 0 amide bonds. The van der Waals surface area contributed by atoms with Gasteiger partial charge < -0.3 is 9.15 Å². The Morgan fingerprint density at radius 1 is 1.30 bits per heavy atom. The molecule has 0 saturated carbocycles. The maximum atomic E-state index is 12.7. The van der Waals surface area contributed by atoms with Crippen LogP contribution in [0.4, 0.5) is 0 Å². The molecule has 7 heteroatoms. The normalized spacial score (nSPS) is 11.4. The number of hydrogen-bond acceptors (Lipinski definition) is 5. The second-order valence-electron chi connectivity index (χ2n) is 6.22. The second-order valence-corrected chi connectivity index (χ2v) is 6.22. The molecule has 0 spiro atoms. The van der Waals surface area contributed by atoms with Gasteiger partial charge in [-0.25, -0.2) is 9.38 Å². The topological polar surface area (TPSA) is 78.7 Å². The van der Waals surface area contributed by atoms with E-state index in [1.54, 1.807) is 11.3 Å². The molecule has 0 unspecified atom stereocenters. The summed E-state index contributed by atoms with van der Waals surface area (Å²) in [6, 6.07) is 11.5. The largest absolute Gasteiger partial charge is 0.466 e. The first-order valence-electron chi connectivity index (χ1n) is 8.84. The number of imidazole rings is 2. The van der Waals surface area contributed by atoms with Crippen LogP contribution in [-0.2, 0) is 16.1 Å². The van der Waals surface area contributed by atoms with Crippen molar-refractivity contribution in [3.05, 3.63) is 52.2 Å². The number of furan rings is 1. The molecule has 0 aliphatic carbocycles. The van der Waals surface area contributed by atoms with Crippen LogP contribution in [0.2, 0.25) is 0 Å². The number of rotatable bonds is 6. The van der Waals surface area contributed by atoms with Crippen molar-refractivity contribution in [1.29, 1.82) is 0 Å². The highest BCUT2D eigenvalue weighted by Gasteiger charge is 2.19. The Morgan fingerprint density at radius 2 is 2.07 bits per heavy atom. The van der Waals surface area contributed by atoms with Gasteiger partial charge in [-0.3, -0.25) is 14.2 Å². The summed E-state index contributed by atoms with van der Waals surface area (Å²) in [6.45, 7) is 6.50. The molecule has 7 nitrogen and oxygen atoms in total. The number of benzene rings is 1. The number of hydrogen-bond donors (Lipinski definition) is 0. The van der Waals surface area contributed by atoms with Crippen molar-refractivity contribution in [2.24, 2.45) is 0 Å². The SMILES string of the molecule is C=c1n(CCCC(=O)OCC)c(=O)c2nc3cc(-c4ccccc4)oc3n12. The lowest BCUT2D eigenvalue weighted by molar-refractivity contribution is -0.143. The third kappa shape index (κ3) is 2.91. The number of carbonyl (C=O) groups excluding carboxylic acids is 1. The fourth-order valence-corrected chi connectivity index (χ4v) is 3.20. The van der Waals surface area contributed by atoms with Crippen LogP contribution in [0.5, 0.6) is 0 Å². The number of ether oxygens (including phenoxy) is 1. The summed E-state index contributed by atoms with van der Waals surface area (Å²) in [5.41, 5.74) is 2.57. The molecule has 4 rings (SSSR count). The Kier molecular flexibility index (Phi) is 4.27. The van der Waals surface area contributed by atoms with Crippen LogP contribution < -0.4 is 11.0 Å². The molecule has 3 heterocycles. The minimum absolute atomic E-state index is 0.239. The highest BCUT2D eigenvalue weighted by Crippen LogP contribution is 2.27. The van der Waals surface area contributed by atoms with Crippen LogP contribution in [0.3, 0.4) is 0 Å². The number of esters is 1. The molecule has 3 aromatic heterocycles. The van der Waals surface area contributed by atoms with E-state index in [2.05, 4.69) is 11.6 Å². The van der Waals surface area contributed by atoms with E-state index >= 15 is 0 Å². The molecule has 1 aromatic carbocycles. The van der Waals surface area contributed by atoms with E-state index in [4.69, 9.17) is 9.15 Å². The first kappa shape index (κ1) is 17.1. The molecule has 138 valence electrons. The van der Waals surface area contributed by atoms with E-state index in [9.17, 15) is 9.59 Å². The summed E-state index contributed by atoms with van der Waals surface area (Å²) < 4.78 is 14.0. The molecule has 0 saturated heterocycles. The predicted octanol–water partition coefficient (Wildman–Crippen LogP) is 2.38. The third-order valence-corrected chi connectivity index (χ3v) is 4.47. The summed E-state index contributed by atoms with van der Waals surface area (Å²) in [4.78, 5) is 28.6. The van der Waals surface area contributed by atoms with Crippen LogP contribution >= 0.6 is 0 Å². The number of carbonyl (C=O) groups is 1. The van der Waals surface area contributed by atoms with E-state index in [0.29, 0.717) is 42.0 Å². The summed E-state index contributed by atoms with van der Waals surface area (Å²) in [6.07, 6.45) is 0.743. The molecule has 4 aromatic rings. The lowest BCUT2D eigenvalue weighted by Gasteiger charge is -2.02. The average Bonchev–Trinajstić information content (AvgIpc) is 3.28. The van der Waals surface area contributed by atoms with Crippen molar-refractivity contribution in [1.82, 2.24) is 14.0 Å². The van der Waals surface area contributed by atoms with E-state index in [-0.39, 0.29) is 23.6 Å². The van der Waals surface area contributed by atoms with Gasteiger partial charge in [0, 0.05) is 24.6 Å². The van der Waals surface area contributed by atoms with Crippen molar-refractivity contribution in [2.75, 3.05) is 6.61 Å². The third-order valence-electron chi connectivity index (χ3n) is 4.47. The summed E-state index contributed by atoms with van der Waals surface area (Å²) in [5, 5.41) is 0. The maximum absolute atomic E-state index is 12.7. The Hall–Kier alpha value is -3.35. The number of aromatic nitrogens is 3. The molecular formula is C20H19N3O4. The monoisotopic (exact) mass is 365 g/mol. The molecule has 0 aliphatic heterocycles. The Labute approximate surface area is 154 Å². The summed E-state index contributed by atoms with van der Waals surface area (Å²) in [5.74, 6) is 0.415. The molecule has 0 fully saturated rings. The van der Waals surface area contributed by atoms with Gasteiger partial charge in [-0.05, 0) is 13.3 Å².